The van der Waals surface area contributed by atoms with Crippen LogP contribution >= 0.6 is 0 Å². The number of carboxylic acid groups (broad SMARTS) is 1. The molecule has 0 radical (unpaired) electrons. The molecule has 0 aromatic rings. The average Bonchev–Trinajstić information content (AvgIpc) is 2.71. The van der Waals surface area contributed by atoms with Crippen molar-refractivity contribution in [3.8, 4) is 0 Å². The molecule has 1 saturated carbocycles. The Bertz CT molecular complexity index is 422. The fraction of sp³-hybridized carbons (Fsp3) is 0.692. The van der Waals surface area contributed by atoms with Gasteiger partial charge in [-0.1, -0.05) is 0 Å². The lowest BCUT2D eigenvalue weighted by Crippen LogP contribution is -2.33. The van der Waals surface area contributed by atoms with Crippen molar-refractivity contribution < 1.29 is 29.1 Å². The van der Waals surface area contributed by atoms with Crippen LogP contribution in [0.5, 0.6) is 0 Å². The fourth-order valence-corrected chi connectivity index (χ4v) is 2.65. The number of hydroxylamine groups is 2. The van der Waals surface area contributed by atoms with Gasteiger partial charge in [-0.25, -0.2) is 4.79 Å². The van der Waals surface area contributed by atoms with Gasteiger partial charge in [-0.15, -0.1) is 5.06 Å². The number of rotatable bonds is 4. The van der Waals surface area contributed by atoms with Gasteiger partial charge in [0.05, 0.1) is 12.3 Å². The molecule has 1 aliphatic carbocycles. The van der Waals surface area contributed by atoms with Gasteiger partial charge in [0.1, 0.15) is 0 Å². The predicted octanol–water partition coefficient (Wildman–Crippen LogP) is 0.875. The molecule has 1 saturated heterocycles. The van der Waals surface area contributed by atoms with Crippen LogP contribution in [-0.2, 0) is 24.0 Å². The first-order valence-electron chi connectivity index (χ1n) is 6.76. The Morgan fingerprint density at radius 2 is 1.65 bits per heavy atom. The maximum atomic E-state index is 11.7. The normalized spacial score (nSPS) is 26.7. The summed E-state index contributed by atoms with van der Waals surface area (Å²) in [5.74, 6) is -2.64. The number of nitrogens with zero attached hydrogens (tertiary/aromatic N) is 1. The zero-order chi connectivity index (χ0) is 14.7. The minimum absolute atomic E-state index is 0.0610. The summed E-state index contributed by atoms with van der Waals surface area (Å²) in [7, 11) is 0. The van der Waals surface area contributed by atoms with E-state index >= 15 is 0 Å². The molecule has 0 aromatic carbocycles. The van der Waals surface area contributed by atoms with E-state index in [0.29, 0.717) is 30.7 Å². The molecule has 0 bridgehead atoms. The number of carbonyl (C=O) groups is 4. The van der Waals surface area contributed by atoms with Crippen LogP contribution in [0.25, 0.3) is 0 Å². The van der Waals surface area contributed by atoms with Gasteiger partial charge in [0.2, 0.25) is 0 Å². The van der Waals surface area contributed by atoms with Gasteiger partial charge in [0.25, 0.3) is 11.8 Å². The molecule has 1 heterocycles. The third-order valence-corrected chi connectivity index (χ3v) is 3.85. The maximum Gasteiger partial charge on any atom is 0.333 e. The summed E-state index contributed by atoms with van der Waals surface area (Å²) in [6.45, 7) is 0. The molecule has 0 unspecified atom stereocenters. The standard InChI is InChI=1S/C13H17NO6/c15-10-5-6-11(16)14(10)20-12(17)7-8-1-3-9(4-2-8)13(18)19/h8-9H,1-7H2,(H,18,19). The van der Waals surface area contributed by atoms with Gasteiger partial charge < -0.3 is 9.94 Å². The van der Waals surface area contributed by atoms with Crippen LogP contribution in [0, 0.1) is 11.8 Å². The van der Waals surface area contributed by atoms with E-state index in [1.54, 1.807) is 0 Å². The summed E-state index contributed by atoms with van der Waals surface area (Å²) < 4.78 is 0. The molecule has 0 spiro atoms. The minimum atomic E-state index is -0.792. The first-order chi connectivity index (χ1) is 9.47. The highest BCUT2D eigenvalue weighted by Crippen LogP contribution is 2.31. The Hall–Kier alpha value is -1.92. The smallest absolute Gasteiger partial charge is 0.333 e. The highest BCUT2D eigenvalue weighted by molar-refractivity contribution is 6.01. The zero-order valence-corrected chi connectivity index (χ0v) is 11.0. The van der Waals surface area contributed by atoms with Crippen LogP contribution in [0.1, 0.15) is 44.9 Å². The van der Waals surface area contributed by atoms with E-state index in [4.69, 9.17) is 9.94 Å². The second kappa shape index (κ2) is 6.02. The molecule has 0 aromatic heterocycles. The van der Waals surface area contributed by atoms with Crippen molar-refractivity contribution in [1.82, 2.24) is 5.06 Å². The number of amides is 2. The lowest BCUT2D eigenvalue weighted by Gasteiger charge is -2.25. The number of imide groups is 1. The Morgan fingerprint density at radius 1 is 1.10 bits per heavy atom. The van der Waals surface area contributed by atoms with Crippen LogP contribution in [-0.4, -0.2) is 33.9 Å². The lowest BCUT2D eigenvalue weighted by molar-refractivity contribution is -0.198. The maximum absolute atomic E-state index is 11.7. The highest BCUT2D eigenvalue weighted by atomic mass is 16.7. The summed E-state index contributed by atoms with van der Waals surface area (Å²) in [6, 6.07) is 0. The van der Waals surface area contributed by atoms with Gasteiger partial charge >= 0.3 is 11.9 Å². The van der Waals surface area contributed by atoms with E-state index in [-0.39, 0.29) is 31.1 Å². The number of carbonyl (C=O) groups excluding carboxylic acids is 3. The number of hydrogen-bond acceptors (Lipinski definition) is 5. The predicted molar refractivity (Wildman–Crippen MR) is 64.9 cm³/mol. The molecule has 7 heteroatoms. The Balaban J connectivity index is 1.77. The van der Waals surface area contributed by atoms with Crippen molar-refractivity contribution in [3.05, 3.63) is 0 Å². The average molecular weight is 283 g/mol. The third kappa shape index (κ3) is 3.34. The summed E-state index contributed by atoms with van der Waals surface area (Å²) >= 11 is 0. The van der Waals surface area contributed by atoms with Crippen molar-refractivity contribution in [2.75, 3.05) is 0 Å². The Kier molecular flexibility index (Phi) is 4.36. The summed E-state index contributed by atoms with van der Waals surface area (Å²) in [4.78, 5) is 49.9. The molecule has 2 aliphatic rings. The van der Waals surface area contributed by atoms with E-state index in [0.717, 1.165) is 0 Å². The molecule has 2 amide bonds. The molecule has 110 valence electrons. The second-order valence-corrected chi connectivity index (χ2v) is 5.31. The molecule has 1 aliphatic heterocycles. The first kappa shape index (κ1) is 14.5. The number of hydrogen-bond donors (Lipinski definition) is 1. The third-order valence-electron chi connectivity index (χ3n) is 3.85. The van der Waals surface area contributed by atoms with Gasteiger partial charge in [-0.2, -0.15) is 0 Å². The van der Waals surface area contributed by atoms with Gasteiger partial charge in [-0.3, -0.25) is 14.4 Å². The lowest BCUT2D eigenvalue weighted by atomic mass is 9.80. The molecule has 1 N–H and O–H groups in total. The van der Waals surface area contributed by atoms with Gasteiger partial charge in [0.15, 0.2) is 0 Å². The Morgan fingerprint density at radius 3 is 2.15 bits per heavy atom. The zero-order valence-electron chi connectivity index (χ0n) is 11.0. The molecule has 2 rings (SSSR count). The molecular weight excluding hydrogens is 266 g/mol. The number of carboxylic acids is 1. The van der Waals surface area contributed by atoms with E-state index in [2.05, 4.69) is 0 Å². The monoisotopic (exact) mass is 283 g/mol. The van der Waals surface area contributed by atoms with Crippen LogP contribution in [0.15, 0.2) is 0 Å². The van der Waals surface area contributed by atoms with Crippen molar-refractivity contribution in [2.45, 2.75) is 44.9 Å². The van der Waals surface area contributed by atoms with E-state index in [1.165, 1.54) is 0 Å². The second-order valence-electron chi connectivity index (χ2n) is 5.31. The van der Waals surface area contributed by atoms with Gasteiger partial charge in [-0.05, 0) is 31.6 Å². The molecule has 2 fully saturated rings. The highest BCUT2D eigenvalue weighted by Gasteiger charge is 2.34. The van der Waals surface area contributed by atoms with Gasteiger partial charge in [0, 0.05) is 12.8 Å². The fourth-order valence-electron chi connectivity index (χ4n) is 2.65. The van der Waals surface area contributed by atoms with E-state index < -0.39 is 23.8 Å². The largest absolute Gasteiger partial charge is 0.481 e. The van der Waals surface area contributed by atoms with Crippen LogP contribution in [0.3, 0.4) is 0 Å². The first-order valence-corrected chi connectivity index (χ1v) is 6.76. The van der Waals surface area contributed by atoms with Crippen molar-refractivity contribution in [2.24, 2.45) is 11.8 Å². The topological polar surface area (TPSA) is 101 Å². The summed E-state index contributed by atoms with van der Waals surface area (Å²) in [5, 5.41) is 9.43. The molecule has 20 heavy (non-hydrogen) atoms. The van der Waals surface area contributed by atoms with Crippen LogP contribution in [0.2, 0.25) is 0 Å². The summed E-state index contributed by atoms with van der Waals surface area (Å²) in [6.07, 6.45) is 2.67. The number of aliphatic carboxylic acids is 1. The SMILES string of the molecule is O=C(CC1CCC(C(=O)O)CC1)ON1C(=O)CCC1=O. The molecule has 7 nitrogen and oxygen atoms in total. The molecular formula is C13H17NO6. The summed E-state index contributed by atoms with van der Waals surface area (Å²) in [5.41, 5.74) is 0. The molecule has 0 atom stereocenters. The minimum Gasteiger partial charge on any atom is -0.481 e. The quantitative estimate of drug-likeness (QED) is 0.768. The van der Waals surface area contributed by atoms with Crippen LogP contribution < -0.4 is 0 Å². The van der Waals surface area contributed by atoms with Crippen molar-refractivity contribution >= 4 is 23.8 Å². The Labute approximate surface area is 115 Å². The van der Waals surface area contributed by atoms with Crippen molar-refractivity contribution in [1.29, 1.82) is 0 Å². The van der Waals surface area contributed by atoms with E-state index in [1.807, 2.05) is 0 Å². The van der Waals surface area contributed by atoms with Crippen molar-refractivity contribution in [3.63, 3.8) is 0 Å². The van der Waals surface area contributed by atoms with E-state index in [9.17, 15) is 19.2 Å². The van der Waals surface area contributed by atoms with Crippen LogP contribution in [0.4, 0.5) is 0 Å².